The first-order valence-corrected chi connectivity index (χ1v) is 6.96. The first-order valence-electron chi connectivity index (χ1n) is 6.96. The van der Waals surface area contributed by atoms with Gasteiger partial charge in [-0.2, -0.15) is 0 Å². The Morgan fingerprint density at radius 2 is 1.73 bits per heavy atom. The molecule has 0 unspecified atom stereocenters. The molecular formula is C18H15N3O. The Kier molecular flexibility index (Phi) is 4.20. The van der Waals surface area contributed by atoms with Gasteiger partial charge in [0.05, 0.1) is 12.5 Å². The lowest BCUT2D eigenvalue weighted by Gasteiger charge is -2.05. The molecule has 0 atom stereocenters. The Morgan fingerprint density at radius 1 is 0.955 bits per heavy atom. The van der Waals surface area contributed by atoms with Crippen LogP contribution in [0.15, 0.2) is 67.1 Å². The second kappa shape index (κ2) is 6.63. The molecule has 0 saturated carbocycles. The van der Waals surface area contributed by atoms with E-state index in [4.69, 9.17) is 4.74 Å². The summed E-state index contributed by atoms with van der Waals surface area (Å²) in [6.45, 7) is 2.06. The number of ether oxygens (including phenoxy) is 1. The van der Waals surface area contributed by atoms with Gasteiger partial charge in [-0.1, -0.05) is 60.2 Å². The van der Waals surface area contributed by atoms with Crippen LogP contribution in [0.3, 0.4) is 0 Å². The van der Waals surface area contributed by atoms with E-state index in [0.717, 1.165) is 11.1 Å². The van der Waals surface area contributed by atoms with E-state index in [2.05, 4.69) is 34.5 Å². The molecule has 0 amide bonds. The molecule has 0 aliphatic rings. The lowest BCUT2D eigenvalue weighted by Crippen LogP contribution is -1.95. The summed E-state index contributed by atoms with van der Waals surface area (Å²) in [6, 6.07) is 18.0. The van der Waals surface area contributed by atoms with E-state index in [1.54, 1.807) is 12.5 Å². The minimum atomic E-state index is 0.574. The van der Waals surface area contributed by atoms with Crippen LogP contribution in [0.25, 0.3) is 17.3 Å². The van der Waals surface area contributed by atoms with Crippen molar-refractivity contribution in [1.29, 1.82) is 0 Å². The van der Waals surface area contributed by atoms with Gasteiger partial charge in [-0.25, -0.2) is 0 Å². The molecule has 0 radical (unpaired) electrons. The summed E-state index contributed by atoms with van der Waals surface area (Å²) in [5.74, 6) is 0.574. The zero-order valence-electron chi connectivity index (χ0n) is 12.2. The molecule has 22 heavy (non-hydrogen) atoms. The zero-order chi connectivity index (χ0) is 15.2. The quantitative estimate of drug-likeness (QED) is 0.683. The molecule has 0 aliphatic carbocycles. The van der Waals surface area contributed by atoms with E-state index in [9.17, 15) is 0 Å². The van der Waals surface area contributed by atoms with Gasteiger partial charge in [-0.05, 0) is 23.8 Å². The molecular weight excluding hydrogens is 274 g/mol. The van der Waals surface area contributed by atoms with Crippen LogP contribution in [0, 0.1) is 6.92 Å². The number of benzene rings is 2. The molecule has 108 valence electrons. The van der Waals surface area contributed by atoms with Gasteiger partial charge in [0.1, 0.15) is 5.69 Å². The van der Waals surface area contributed by atoms with Gasteiger partial charge < -0.3 is 4.74 Å². The van der Waals surface area contributed by atoms with Gasteiger partial charge in [0.15, 0.2) is 5.75 Å². The molecule has 1 aromatic heterocycles. The van der Waals surface area contributed by atoms with Gasteiger partial charge >= 0.3 is 0 Å². The van der Waals surface area contributed by atoms with Crippen molar-refractivity contribution in [2.75, 3.05) is 0 Å². The highest BCUT2D eigenvalue weighted by atomic mass is 16.5. The second-order valence-electron chi connectivity index (χ2n) is 4.84. The normalized spacial score (nSPS) is 10.8. The minimum absolute atomic E-state index is 0.574. The molecule has 3 rings (SSSR count). The van der Waals surface area contributed by atoms with E-state index in [1.807, 2.05) is 48.5 Å². The Bertz CT molecular complexity index is 768. The van der Waals surface area contributed by atoms with Crippen molar-refractivity contribution in [3.05, 3.63) is 78.2 Å². The molecule has 1 heterocycles. The van der Waals surface area contributed by atoms with Crippen molar-refractivity contribution in [3.63, 3.8) is 0 Å². The molecule has 4 heteroatoms. The van der Waals surface area contributed by atoms with Crippen molar-refractivity contribution in [1.82, 2.24) is 15.4 Å². The highest BCUT2D eigenvalue weighted by molar-refractivity contribution is 5.65. The van der Waals surface area contributed by atoms with Gasteiger partial charge in [0.2, 0.25) is 0 Å². The lowest BCUT2D eigenvalue weighted by atomic mass is 10.1. The summed E-state index contributed by atoms with van der Waals surface area (Å²) in [6.07, 6.45) is 5.10. The largest absolute Gasteiger partial charge is 0.461 e. The summed E-state index contributed by atoms with van der Waals surface area (Å²) in [7, 11) is 0. The average molecular weight is 289 g/mol. The van der Waals surface area contributed by atoms with Crippen molar-refractivity contribution in [2.45, 2.75) is 6.92 Å². The highest BCUT2D eigenvalue weighted by Gasteiger charge is 2.07. The predicted molar refractivity (Wildman–Crippen MR) is 86.1 cm³/mol. The Morgan fingerprint density at radius 3 is 2.50 bits per heavy atom. The lowest BCUT2D eigenvalue weighted by molar-refractivity contribution is 0.478. The van der Waals surface area contributed by atoms with Crippen LogP contribution in [0.2, 0.25) is 0 Å². The first-order chi connectivity index (χ1) is 10.8. The van der Waals surface area contributed by atoms with Crippen LogP contribution < -0.4 is 4.74 Å². The molecule has 0 aliphatic heterocycles. The van der Waals surface area contributed by atoms with Gasteiger partial charge in [0.25, 0.3) is 0 Å². The third kappa shape index (κ3) is 3.35. The van der Waals surface area contributed by atoms with E-state index >= 15 is 0 Å². The standard InChI is InChI=1S/C18H15N3O/c1-14-7-9-15(10-8-14)11-12-22-17-13-19-21-20-18(17)16-5-3-2-4-6-16/h2-13H,1H3. The molecule has 0 bridgehead atoms. The monoisotopic (exact) mass is 289 g/mol. The van der Waals surface area contributed by atoms with Crippen LogP contribution >= 0.6 is 0 Å². The van der Waals surface area contributed by atoms with Crippen LogP contribution in [-0.4, -0.2) is 15.4 Å². The van der Waals surface area contributed by atoms with Gasteiger partial charge in [-0.3, -0.25) is 0 Å². The predicted octanol–water partition coefficient (Wildman–Crippen LogP) is 3.90. The van der Waals surface area contributed by atoms with E-state index < -0.39 is 0 Å². The summed E-state index contributed by atoms with van der Waals surface area (Å²) in [5.41, 5.74) is 3.91. The van der Waals surface area contributed by atoms with Crippen molar-refractivity contribution in [2.24, 2.45) is 0 Å². The van der Waals surface area contributed by atoms with Crippen molar-refractivity contribution < 1.29 is 4.74 Å². The zero-order valence-corrected chi connectivity index (χ0v) is 12.2. The SMILES string of the molecule is Cc1ccc(C=COc2cnnnc2-c2ccccc2)cc1. The summed E-state index contributed by atoms with van der Waals surface area (Å²) < 4.78 is 5.68. The third-order valence-electron chi connectivity index (χ3n) is 3.18. The van der Waals surface area contributed by atoms with Gasteiger partial charge in [-0.15, -0.1) is 10.2 Å². The molecule has 0 saturated heterocycles. The second-order valence-corrected chi connectivity index (χ2v) is 4.84. The van der Waals surface area contributed by atoms with Crippen LogP contribution in [0.1, 0.15) is 11.1 Å². The molecule has 4 nitrogen and oxygen atoms in total. The molecule has 0 spiro atoms. The first kappa shape index (κ1) is 13.9. The molecule has 0 N–H and O–H groups in total. The number of aromatic nitrogens is 3. The summed E-state index contributed by atoms with van der Waals surface area (Å²) in [5, 5.41) is 11.5. The minimum Gasteiger partial charge on any atom is -0.461 e. The average Bonchev–Trinajstić information content (AvgIpc) is 2.58. The Balaban J connectivity index is 1.80. The highest BCUT2D eigenvalue weighted by Crippen LogP contribution is 2.25. The van der Waals surface area contributed by atoms with E-state index in [0.29, 0.717) is 11.4 Å². The Labute approximate surface area is 129 Å². The molecule has 2 aromatic carbocycles. The fourth-order valence-electron chi connectivity index (χ4n) is 2.00. The number of hydrogen-bond acceptors (Lipinski definition) is 4. The number of nitrogens with zero attached hydrogens (tertiary/aromatic N) is 3. The molecule has 0 fully saturated rings. The fraction of sp³-hybridized carbons (Fsp3) is 0.0556. The fourth-order valence-corrected chi connectivity index (χ4v) is 2.00. The number of hydrogen-bond donors (Lipinski definition) is 0. The maximum atomic E-state index is 5.68. The van der Waals surface area contributed by atoms with Crippen molar-refractivity contribution >= 4 is 6.08 Å². The van der Waals surface area contributed by atoms with E-state index in [1.165, 1.54) is 5.56 Å². The van der Waals surface area contributed by atoms with Crippen LogP contribution in [-0.2, 0) is 0 Å². The topological polar surface area (TPSA) is 47.9 Å². The third-order valence-corrected chi connectivity index (χ3v) is 3.18. The maximum absolute atomic E-state index is 5.68. The van der Waals surface area contributed by atoms with Crippen LogP contribution in [0.5, 0.6) is 5.75 Å². The smallest absolute Gasteiger partial charge is 0.174 e. The van der Waals surface area contributed by atoms with Crippen LogP contribution in [0.4, 0.5) is 0 Å². The van der Waals surface area contributed by atoms with Gasteiger partial charge in [0, 0.05) is 5.56 Å². The maximum Gasteiger partial charge on any atom is 0.174 e. The summed E-state index contributed by atoms with van der Waals surface area (Å²) in [4.78, 5) is 0. The van der Waals surface area contributed by atoms with Crippen molar-refractivity contribution in [3.8, 4) is 17.0 Å². The number of rotatable bonds is 4. The summed E-state index contributed by atoms with van der Waals surface area (Å²) >= 11 is 0. The number of aryl methyl sites for hydroxylation is 1. The van der Waals surface area contributed by atoms with E-state index in [-0.39, 0.29) is 0 Å². The Hall–Kier alpha value is -3.01. The molecule has 3 aromatic rings.